The Balaban J connectivity index is 1.11. The molecule has 204 valence electrons. The predicted molar refractivity (Wildman–Crippen MR) is 142 cm³/mol. The number of hydrogen-bond acceptors (Lipinski definition) is 7. The number of nitrogens with two attached hydrogens (primary N) is 1. The van der Waals surface area contributed by atoms with Crippen LogP contribution in [0.15, 0.2) is 41.0 Å². The number of rotatable bonds is 7. The van der Waals surface area contributed by atoms with E-state index in [1.165, 1.54) is 10.6 Å². The van der Waals surface area contributed by atoms with E-state index in [1.54, 1.807) is 29.4 Å². The van der Waals surface area contributed by atoms with Crippen molar-refractivity contribution in [2.45, 2.75) is 44.9 Å². The number of nitrogens with zero attached hydrogens (tertiary/aromatic N) is 6. The molecule has 11 heteroatoms. The Hall–Kier alpha value is -3.86. The molecule has 5 heterocycles. The zero-order valence-electron chi connectivity index (χ0n) is 21.8. The fraction of sp³-hybridized carbons (Fsp3) is 0.429. The summed E-state index contributed by atoms with van der Waals surface area (Å²) < 4.78 is 34.4. The number of likely N-dealkylation sites (tertiary alicyclic amines) is 1. The van der Waals surface area contributed by atoms with Crippen molar-refractivity contribution >= 4 is 23.2 Å². The first-order valence-corrected chi connectivity index (χ1v) is 13.5. The summed E-state index contributed by atoms with van der Waals surface area (Å²) in [4.78, 5) is 26.9. The molecule has 1 aromatic carbocycles. The van der Waals surface area contributed by atoms with Crippen molar-refractivity contribution in [3.63, 3.8) is 0 Å². The quantitative estimate of drug-likeness (QED) is 0.373. The molecule has 0 saturated carbocycles. The van der Waals surface area contributed by atoms with Crippen LogP contribution in [-0.4, -0.2) is 56.6 Å². The number of aromatic nitrogens is 4. The molecule has 0 bridgehead atoms. The van der Waals surface area contributed by atoms with E-state index < -0.39 is 11.6 Å². The summed E-state index contributed by atoms with van der Waals surface area (Å²) in [6, 6.07) is 7.40. The van der Waals surface area contributed by atoms with E-state index in [1.807, 2.05) is 6.92 Å². The van der Waals surface area contributed by atoms with Crippen LogP contribution in [0.1, 0.15) is 49.8 Å². The average molecular weight is 536 g/mol. The molecule has 1 atom stereocenters. The van der Waals surface area contributed by atoms with Gasteiger partial charge in [-0.2, -0.15) is 4.52 Å². The highest BCUT2D eigenvalue weighted by Gasteiger charge is 2.36. The van der Waals surface area contributed by atoms with Crippen molar-refractivity contribution in [3.05, 3.63) is 59.5 Å². The SMILES string of the molecule is CCN1C(=O)[C@@H](CCCN2CCC(c3ccc(F)cc3F)CC2)Cc2nc(N)n3nc(-c4ccco4)nc3c21. The van der Waals surface area contributed by atoms with Crippen molar-refractivity contribution in [2.75, 3.05) is 36.8 Å². The van der Waals surface area contributed by atoms with E-state index in [2.05, 4.69) is 20.0 Å². The zero-order chi connectivity index (χ0) is 27.1. The lowest BCUT2D eigenvalue weighted by molar-refractivity contribution is -0.123. The number of furan rings is 1. The number of fused-ring (bicyclic) bond motifs is 3. The highest BCUT2D eigenvalue weighted by atomic mass is 19.1. The molecule has 4 aromatic rings. The number of nitrogen functional groups attached to an aromatic ring is 1. The van der Waals surface area contributed by atoms with Gasteiger partial charge < -0.3 is 20.0 Å². The second-order valence-electron chi connectivity index (χ2n) is 10.3. The summed E-state index contributed by atoms with van der Waals surface area (Å²) in [6.45, 7) is 5.00. The van der Waals surface area contributed by atoms with Gasteiger partial charge in [0.15, 0.2) is 11.4 Å². The Labute approximate surface area is 224 Å². The van der Waals surface area contributed by atoms with Crippen LogP contribution >= 0.6 is 0 Å². The van der Waals surface area contributed by atoms with Crippen LogP contribution in [0.4, 0.5) is 20.4 Å². The first-order chi connectivity index (χ1) is 18.9. The maximum Gasteiger partial charge on any atom is 0.230 e. The maximum absolute atomic E-state index is 14.2. The van der Waals surface area contributed by atoms with Crippen LogP contribution in [0.3, 0.4) is 0 Å². The summed E-state index contributed by atoms with van der Waals surface area (Å²) in [6.07, 6.45) is 5.32. The van der Waals surface area contributed by atoms with Gasteiger partial charge in [0, 0.05) is 24.9 Å². The molecule has 2 aliphatic heterocycles. The third-order valence-electron chi connectivity index (χ3n) is 7.96. The van der Waals surface area contributed by atoms with Crippen LogP contribution in [0.25, 0.3) is 17.2 Å². The van der Waals surface area contributed by atoms with Crippen LogP contribution in [0.5, 0.6) is 0 Å². The standard InChI is InChI=1S/C28H31F2N7O2/c1-2-36-24-22(32-28(31)37-26(24)33-25(34-37)23-6-4-14-39-23)15-18(27(36)38)5-3-11-35-12-9-17(10-13-35)20-8-7-19(29)16-21(20)30/h4,6-8,14,16-18H,2-3,5,9-13,15H2,1H3,(H2,31,32)/t18-/m0/s1. The molecule has 0 spiro atoms. The van der Waals surface area contributed by atoms with E-state index in [4.69, 9.17) is 10.2 Å². The molecule has 0 unspecified atom stereocenters. The van der Waals surface area contributed by atoms with E-state index in [0.717, 1.165) is 57.1 Å². The molecule has 3 aromatic heterocycles. The monoisotopic (exact) mass is 535 g/mol. The summed E-state index contributed by atoms with van der Waals surface area (Å²) in [5, 5.41) is 4.45. The highest BCUT2D eigenvalue weighted by Crippen LogP contribution is 2.36. The fourth-order valence-electron chi connectivity index (χ4n) is 5.97. The molecule has 6 rings (SSSR count). The molecule has 2 N–H and O–H groups in total. The van der Waals surface area contributed by atoms with Crippen molar-refractivity contribution in [1.29, 1.82) is 0 Å². The smallest absolute Gasteiger partial charge is 0.230 e. The average Bonchev–Trinajstić information content (AvgIpc) is 3.61. The summed E-state index contributed by atoms with van der Waals surface area (Å²) in [7, 11) is 0. The normalized spacial score (nSPS) is 18.7. The van der Waals surface area contributed by atoms with Gasteiger partial charge in [0.2, 0.25) is 17.7 Å². The van der Waals surface area contributed by atoms with Gasteiger partial charge in [0.05, 0.1) is 12.0 Å². The highest BCUT2D eigenvalue weighted by molar-refractivity contribution is 6.01. The third-order valence-corrected chi connectivity index (χ3v) is 7.96. The number of amides is 1. The summed E-state index contributed by atoms with van der Waals surface area (Å²) in [5.74, 6) is 0.100. The zero-order valence-corrected chi connectivity index (χ0v) is 21.8. The van der Waals surface area contributed by atoms with Crippen LogP contribution in [0.2, 0.25) is 0 Å². The second-order valence-corrected chi connectivity index (χ2v) is 10.3. The number of piperidine rings is 1. The molecule has 1 fully saturated rings. The van der Waals surface area contributed by atoms with Gasteiger partial charge >= 0.3 is 0 Å². The number of carbonyl (C=O) groups is 1. The Morgan fingerprint density at radius 2 is 1.97 bits per heavy atom. The van der Waals surface area contributed by atoms with E-state index in [9.17, 15) is 13.6 Å². The van der Waals surface area contributed by atoms with Crippen molar-refractivity contribution in [3.8, 4) is 11.6 Å². The van der Waals surface area contributed by atoms with Gasteiger partial charge in [-0.1, -0.05) is 6.07 Å². The molecule has 1 amide bonds. The predicted octanol–water partition coefficient (Wildman–Crippen LogP) is 4.43. The molecular formula is C28H31F2N7O2. The van der Waals surface area contributed by atoms with Gasteiger partial charge in [-0.15, -0.1) is 5.10 Å². The van der Waals surface area contributed by atoms with Gasteiger partial charge in [0.25, 0.3) is 0 Å². The molecule has 0 aliphatic carbocycles. The minimum absolute atomic E-state index is 0.0616. The largest absolute Gasteiger partial charge is 0.461 e. The maximum atomic E-state index is 14.2. The Kier molecular flexibility index (Phi) is 6.76. The minimum atomic E-state index is -0.544. The molecule has 9 nitrogen and oxygen atoms in total. The lowest BCUT2D eigenvalue weighted by Gasteiger charge is -2.34. The number of carbonyl (C=O) groups excluding carboxylic acids is 1. The fourth-order valence-corrected chi connectivity index (χ4v) is 5.97. The lowest BCUT2D eigenvalue weighted by atomic mass is 9.88. The Morgan fingerprint density at radius 1 is 1.15 bits per heavy atom. The lowest BCUT2D eigenvalue weighted by Crippen LogP contribution is -2.42. The topological polar surface area (TPSA) is 106 Å². The van der Waals surface area contributed by atoms with Crippen LogP contribution in [0, 0.1) is 17.6 Å². The van der Waals surface area contributed by atoms with Gasteiger partial charge in [-0.05, 0) is 81.9 Å². The van der Waals surface area contributed by atoms with E-state index in [0.29, 0.717) is 41.4 Å². The number of hydrogen-bond donors (Lipinski definition) is 1. The number of anilines is 2. The van der Waals surface area contributed by atoms with Crippen molar-refractivity contribution < 1.29 is 18.0 Å². The van der Waals surface area contributed by atoms with Crippen LogP contribution < -0.4 is 10.6 Å². The second kappa shape index (κ2) is 10.4. The van der Waals surface area contributed by atoms with Gasteiger partial charge in [-0.25, -0.2) is 18.7 Å². The molecule has 2 aliphatic rings. The van der Waals surface area contributed by atoms with Crippen LogP contribution in [-0.2, 0) is 11.2 Å². The third kappa shape index (κ3) is 4.75. The number of halogens is 2. The summed E-state index contributed by atoms with van der Waals surface area (Å²) >= 11 is 0. The molecule has 0 radical (unpaired) electrons. The first-order valence-electron chi connectivity index (χ1n) is 13.5. The van der Waals surface area contributed by atoms with E-state index >= 15 is 0 Å². The minimum Gasteiger partial charge on any atom is -0.461 e. The number of benzene rings is 1. The van der Waals surface area contributed by atoms with Crippen molar-refractivity contribution in [2.24, 2.45) is 5.92 Å². The van der Waals surface area contributed by atoms with Gasteiger partial charge in [0.1, 0.15) is 17.3 Å². The first kappa shape index (κ1) is 25.4. The molecular weight excluding hydrogens is 504 g/mol. The van der Waals surface area contributed by atoms with Crippen molar-refractivity contribution in [1.82, 2.24) is 24.5 Å². The molecule has 39 heavy (non-hydrogen) atoms. The summed E-state index contributed by atoms with van der Waals surface area (Å²) in [5.41, 5.74) is 8.77. The van der Waals surface area contributed by atoms with Gasteiger partial charge in [-0.3, -0.25) is 4.79 Å². The Morgan fingerprint density at radius 3 is 2.69 bits per heavy atom. The van der Waals surface area contributed by atoms with E-state index in [-0.39, 0.29) is 23.7 Å². The Bertz CT molecular complexity index is 1500. The molecule has 1 saturated heterocycles.